The maximum atomic E-state index is 14.6. The molecular weight excluding hydrogens is 731 g/mol. The Kier molecular flexibility index (Phi) is 11.7. The molecule has 3 N–H and O–H groups in total. The number of hydrogen-bond acceptors (Lipinski definition) is 12. The fourth-order valence-electron chi connectivity index (χ4n) is 7.68. The maximum Gasteiger partial charge on any atom is 0.408 e. The number of benzene rings is 1. The lowest BCUT2D eigenvalue weighted by atomic mass is 9.77. The molecule has 6 rings (SSSR count). The number of amides is 3. The van der Waals surface area contributed by atoms with Crippen molar-refractivity contribution in [2.45, 2.75) is 89.4 Å². The first kappa shape index (κ1) is 40.2. The largest absolute Gasteiger partial charge is 0.497 e. The van der Waals surface area contributed by atoms with Gasteiger partial charge >= 0.3 is 16.3 Å². The molecule has 6 atom stereocenters. The van der Waals surface area contributed by atoms with Crippen molar-refractivity contribution in [2.24, 2.45) is 23.2 Å². The van der Waals surface area contributed by atoms with E-state index < -0.39 is 68.9 Å². The third kappa shape index (κ3) is 8.86. The molecule has 0 bridgehead atoms. The predicted octanol–water partition coefficient (Wildman–Crippen LogP) is 2.24. The van der Waals surface area contributed by atoms with Crippen LogP contribution in [0.1, 0.15) is 71.8 Å². The van der Waals surface area contributed by atoms with Crippen LogP contribution in [0.15, 0.2) is 36.9 Å². The van der Waals surface area contributed by atoms with Crippen LogP contribution in [-0.2, 0) is 29.3 Å². The standard InChI is InChI=1S/C37H53N9O8S/c1-7-9-24-22-37(24,34(49)42-55(51,52)45-18-16-44(5)17-19-45)39-33(48)29-21-25(46-41-32(40-43-46)23-12-14-26(53-6)15-13-23)20-28(29)30(47)31(36(2,3)4)38-35(50)54-27-10-8-11-27/h7,12-15,24-25,27-29,31H,1,8-11,16-22H2,2-6H3,(H,38,50)(H,39,48)(H,42,49)/t24-,25+,28?,29-,31?,37+/m1/s1. The zero-order valence-electron chi connectivity index (χ0n) is 32.2. The van der Waals surface area contributed by atoms with Crippen LogP contribution >= 0.6 is 0 Å². The lowest BCUT2D eigenvalue weighted by molar-refractivity contribution is -0.137. The van der Waals surface area contributed by atoms with E-state index in [1.807, 2.05) is 32.7 Å². The van der Waals surface area contributed by atoms with E-state index in [0.717, 1.165) is 19.3 Å². The number of likely N-dealkylation sites (N-methyl/N-ethyl adjacent to an activating group) is 1. The van der Waals surface area contributed by atoms with Gasteiger partial charge in [-0.3, -0.25) is 14.4 Å². The number of allylic oxidation sites excluding steroid dienone is 1. The Labute approximate surface area is 322 Å². The van der Waals surface area contributed by atoms with Gasteiger partial charge in [0.15, 0.2) is 5.78 Å². The van der Waals surface area contributed by atoms with Crippen LogP contribution in [0.2, 0.25) is 0 Å². The number of aromatic nitrogens is 4. The number of tetrazole rings is 1. The molecule has 1 saturated heterocycles. The van der Waals surface area contributed by atoms with E-state index in [0.29, 0.717) is 36.6 Å². The van der Waals surface area contributed by atoms with Gasteiger partial charge < -0.3 is 25.0 Å². The van der Waals surface area contributed by atoms with Crippen molar-refractivity contribution < 1.29 is 37.1 Å². The molecule has 3 saturated carbocycles. The average molecular weight is 784 g/mol. The van der Waals surface area contributed by atoms with Crippen molar-refractivity contribution >= 4 is 33.9 Å². The van der Waals surface area contributed by atoms with Gasteiger partial charge in [0.25, 0.3) is 5.91 Å². The zero-order valence-corrected chi connectivity index (χ0v) is 33.0. The van der Waals surface area contributed by atoms with Gasteiger partial charge in [-0.15, -0.1) is 16.8 Å². The van der Waals surface area contributed by atoms with E-state index in [9.17, 15) is 27.6 Å². The van der Waals surface area contributed by atoms with Gasteiger partial charge in [0, 0.05) is 43.6 Å². The zero-order chi connectivity index (χ0) is 39.7. The van der Waals surface area contributed by atoms with Crippen LogP contribution in [0.4, 0.5) is 4.79 Å². The average Bonchev–Trinajstić information content (AvgIpc) is 3.43. The third-order valence-corrected chi connectivity index (χ3v) is 12.9. The molecule has 4 fully saturated rings. The van der Waals surface area contributed by atoms with Gasteiger partial charge in [0.2, 0.25) is 11.7 Å². The number of piperazine rings is 1. The molecule has 3 aliphatic carbocycles. The van der Waals surface area contributed by atoms with Crippen molar-refractivity contribution in [3.8, 4) is 17.1 Å². The summed E-state index contributed by atoms with van der Waals surface area (Å²) in [5.41, 5.74) is -1.60. The molecule has 18 heteroatoms. The summed E-state index contributed by atoms with van der Waals surface area (Å²) in [6, 6.07) is 5.58. The first-order valence-corrected chi connectivity index (χ1v) is 20.4. The Hall–Kier alpha value is -4.42. The van der Waals surface area contributed by atoms with E-state index >= 15 is 0 Å². The first-order chi connectivity index (χ1) is 26.0. The highest BCUT2D eigenvalue weighted by Crippen LogP contribution is 2.48. The van der Waals surface area contributed by atoms with Gasteiger partial charge in [0.1, 0.15) is 17.4 Å². The van der Waals surface area contributed by atoms with Crippen LogP contribution < -0.4 is 20.1 Å². The van der Waals surface area contributed by atoms with E-state index in [2.05, 4.69) is 37.3 Å². The number of nitrogens with zero attached hydrogens (tertiary/aromatic N) is 6. The van der Waals surface area contributed by atoms with Crippen molar-refractivity contribution in [2.75, 3.05) is 40.3 Å². The van der Waals surface area contributed by atoms with Crippen molar-refractivity contribution in [3.05, 3.63) is 36.9 Å². The second-order valence-corrected chi connectivity index (χ2v) is 18.0. The van der Waals surface area contributed by atoms with Crippen LogP contribution in [-0.4, -0.2) is 120 Å². The Balaban J connectivity index is 1.26. The van der Waals surface area contributed by atoms with Crippen molar-refractivity contribution in [1.29, 1.82) is 0 Å². The Bertz CT molecular complexity index is 1870. The number of carbonyl (C=O) groups is 4. The molecule has 0 spiro atoms. The van der Waals surface area contributed by atoms with Crippen LogP contribution in [0, 0.1) is 23.2 Å². The minimum atomic E-state index is -4.19. The van der Waals surface area contributed by atoms with Gasteiger partial charge in [-0.1, -0.05) is 26.8 Å². The topological polar surface area (TPSA) is 207 Å². The second-order valence-electron chi connectivity index (χ2n) is 16.3. The number of hydrogen-bond donors (Lipinski definition) is 3. The summed E-state index contributed by atoms with van der Waals surface area (Å²) < 4.78 is 40.9. The molecule has 0 radical (unpaired) electrons. The molecule has 2 aromatic rings. The molecule has 4 aliphatic rings. The monoisotopic (exact) mass is 783 g/mol. The van der Waals surface area contributed by atoms with Crippen LogP contribution in [0.25, 0.3) is 11.4 Å². The highest BCUT2D eigenvalue weighted by Gasteiger charge is 2.62. The predicted molar refractivity (Wildman–Crippen MR) is 200 cm³/mol. The molecule has 300 valence electrons. The number of nitrogens with one attached hydrogen (secondary N) is 3. The highest BCUT2D eigenvalue weighted by atomic mass is 32.2. The van der Waals surface area contributed by atoms with Gasteiger partial charge in [-0.2, -0.15) is 17.5 Å². The minimum absolute atomic E-state index is 0.119. The molecular formula is C37H53N9O8S. The summed E-state index contributed by atoms with van der Waals surface area (Å²) in [6.45, 7) is 10.7. The number of rotatable bonds is 14. The summed E-state index contributed by atoms with van der Waals surface area (Å²) in [5.74, 6) is -3.10. The third-order valence-electron chi connectivity index (χ3n) is 11.4. The van der Waals surface area contributed by atoms with Crippen LogP contribution in [0.5, 0.6) is 5.75 Å². The van der Waals surface area contributed by atoms with E-state index in [1.54, 1.807) is 37.5 Å². The summed E-state index contributed by atoms with van der Waals surface area (Å²) >= 11 is 0. The molecule has 1 aromatic carbocycles. The van der Waals surface area contributed by atoms with Gasteiger partial charge in [0.05, 0.1) is 19.2 Å². The molecule has 1 aromatic heterocycles. The fraction of sp³-hybridized carbons (Fsp3) is 0.649. The molecule has 55 heavy (non-hydrogen) atoms. The SMILES string of the molecule is C=CC[C@@H]1C[C@@]1(NC(=O)[C@@H]1C[C@@H](n2nnc(-c3ccc(OC)cc3)n2)CC1C(=O)C(NC(=O)OC1CCC1)C(C)(C)C)C(=O)NS(=O)(=O)N1CCN(C)CC1. The Morgan fingerprint density at radius 2 is 1.73 bits per heavy atom. The first-order valence-electron chi connectivity index (χ1n) is 18.9. The quantitative estimate of drug-likeness (QED) is 0.236. The Morgan fingerprint density at radius 3 is 2.33 bits per heavy atom. The molecule has 2 heterocycles. The fourth-order valence-corrected chi connectivity index (χ4v) is 8.87. The summed E-state index contributed by atoms with van der Waals surface area (Å²) in [5, 5.41) is 18.8. The highest BCUT2D eigenvalue weighted by molar-refractivity contribution is 7.87. The summed E-state index contributed by atoms with van der Waals surface area (Å²) in [4.78, 5) is 59.4. The lowest BCUT2D eigenvalue weighted by Gasteiger charge is -2.34. The summed E-state index contributed by atoms with van der Waals surface area (Å²) in [6.07, 6.45) is 4.02. The van der Waals surface area contributed by atoms with E-state index in [1.165, 1.54) is 9.10 Å². The van der Waals surface area contributed by atoms with Gasteiger partial charge in [-0.05, 0) is 92.8 Å². The van der Waals surface area contributed by atoms with Crippen molar-refractivity contribution in [3.63, 3.8) is 0 Å². The number of Topliss-reactive ketones (excluding diaryl/α,β-unsaturated/α-hetero) is 1. The number of ketones is 1. The minimum Gasteiger partial charge on any atom is -0.497 e. The molecule has 2 unspecified atom stereocenters. The number of carbonyl (C=O) groups excluding carboxylic acids is 4. The normalized spacial score (nSPS) is 26.6. The molecule has 1 aliphatic heterocycles. The molecule has 17 nitrogen and oxygen atoms in total. The second kappa shape index (κ2) is 16.0. The smallest absolute Gasteiger partial charge is 0.408 e. The number of methoxy groups -OCH3 is 1. The van der Waals surface area contributed by atoms with Gasteiger partial charge in [-0.25, -0.2) is 9.52 Å². The number of alkyl carbamates (subject to hydrolysis) is 1. The maximum absolute atomic E-state index is 14.6. The lowest BCUT2D eigenvalue weighted by Crippen LogP contribution is -2.58. The van der Waals surface area contributed by atoms with Crippen LogP contribution in [0.3, 0.4) is 0 Å². The molecule has 3 amide bonds. The number of ether oxygens (including phenoxy) is 2. The van der Waals surface area contributed by atoms with E-state index in [4.69, 9.17) is 9.47 Å². The summed E-state index contributed by atoms with van der Waals surface area (Å²) in [7, 11) is -0.733. The van der Waals surface area contributed by atoms with Crippen molar-refractivity contribution in [1.82, 2.24) is 44.8 Å². The Morgan fingerprint density at radius 1 is 1.05 bits per heavy atom. The van der Waals surface area contributed by atoms with E-state index in [-0.39, 0.29) is 44.2 Å².